The number of aryl methyl sites for hydroxylation is 2. The summed E-state index contributed by atoms with van der Waals surface area (Å²) in [6, 6.07) is 20.4. The third-order valence-electron chi connectivity index (χ3n) is 6.47. The van der Waals surface area contributed by atoms with Gasteiger partial charge in [0, 0.05) is 28.8 Å². The molecule has 0 unspecified atom stereocenters. The van der Waals surface area contributed by atoms with E-state index in [0.29, 0.717) is 28.4 Å². The fourth-order valence-electron chi connectivity index (χ4n) is 4.49. The number of hydrogen-bond donors (Lipinski definition) is 0. The minimum atomic E-state index is -4.75. The van der Waals surface area contributed by atoms with E-state index in [1.165, 1.54) is 46.6 Å². The number of aromatic nitrogens is 4. The van der Waals surface area contributed by atoms with Gasteiger partial charge in [-0.15, -0.1) is 29.6 Å². The van der Waals surface area contributed by atoms with Gasteiger partial charge in [0.1, 0.15) is 12.1 Å². The first kappa shape index (κ1) is 29.6. The van der Waals surface area contributed by atoms with Crippen LogP contribution in [0, 0.1) is 6.92 Å². The number of hydrogen-bond acceptors (Lipinski definition) is 5. The van der Waals surface area contributed by atoms with Gasteiger partial charge in [0.2, 0.25) is 0 Å². The third-order valence-corrected chi connectivity index (χ3v) is 7.41. The van der Waals surface area contributed by atoms with E-state index in [4.69, 9.17) is 0 Å². The Morgan fingerprint density at radius 3 is 2.44 bits per heavy atom. The lowest BCUT2D eigenvalue weighted by Crippen LogP contribution is -2.17. The van der Waals surface area contributed by atoms with E-state index < -0.39 is 12.4 Å². The van der Waals surface area contributed by atoms with Crippen molar-refractivity contribution >= 4 is 23.1 Å². The summed E-state index contributed by atoms with van der Waals surface area (Å²) in [5.74, 6) is 0.134. The Morgan fingerprint density at radius 2 is 1.74 bits per heavy atom. The molecular formula is C31H27F3N6O2S. The lowest BCUT2D eigenvalue weighted by Gasteiger charge is -2.10. The van der Waals surface area contributed by atoms with Crippen LogP contribution in [-0.4, -0.2) is 37.4 Å². The highest BCUT2D eigenvalue weighted by molar-refractivity contribution is 7.07. The Bertz CT molecular complexity index is 1830. The van der Waals surface area contributed by atoms with Crippen molar-refractivity contribution in [2.45, 2.75) is 40.0 Å². The number of urea groups is 1. The van der Waals surface area contributed by atoms with Gasteiger partial charge >= 0.3 is 12.4 Å². The molecule has 0 aliphatic carbocycles. The Balaban J connectivity index is 1.26. The van der Waals surface area contributed by atoms with E-state index in [-0.39, 0.29) is 5.75 Å². The molecule has 220 valence electrons. The Kier molecular flexibility index (Phi) is 8.67. The summed E-state index contributed by atoms with van der Waals surface area (Å²) in [7, 11) is 0. The van der Waals surface area contributed by atoms with Gasteiger partial charge in [-0.05, 0) is 61.7 Å². The van der Waals surface area contributed by atoms with Crippen LogP contribution in [0.25, 0.3) is 22.8 Å². The second-order valence-corrected chi connectivity index (χ2v) is 10.5. The number of aliphatic imine (C=N–C) groups is 1. The first-order chi connectivity index (χ1) is 20.6. The lowest BCUT2D eigenvalue weighted by molar-refractivity contribution is -0.274. The number of nitrogens with zero attached hydrogens (tertiary/aromatic N) is 6. The summed E-state index contributed by atoms with van der Waals surface area (Å²) >= 11 is 1.40. The van der Waals surface area contributed by atoms with E-state index in [2.05, 4.69) is 37.8 Å². The van der Waals surface area contributed by atoms with E-state index in [9.17, 15) is 18.0 Å². The van der Waals surface area contributed by atoms with Crippen LogP contribution in [-0.2, 0) is 12.8 Å². The van der Waals surface area contributed by atoms with Gasteiger partial charge in [0.05, 0.1) is 11.4 Å². The molecule has 5 rings (SSSR count). The Hall–Kier alpha value is -4.84. The van der Waals surface area contributed by atoms with E-state index in [1.807, 2.05) is 59.3 Å². The van der Waals surface area contributed by atoms with Crippen molar-refractivity contribution in [3.8, 4) is 28.5 Å². The highest BCUT2D eigenvalue weighted by Gasteiger charge is 2.31. The fraction of sp³-hybridized carbons (Fsp3) is 0.194. The second-order valence-electron chi connectivity index (χ2n) is 9.65. The van der Waals surface area contributed by atoms with Gasteiger partial charge in [0.15, 0.2) is 10.6 Å². The predicted molar refractivity (Wildman–Crippen MR) is 159 cm³/mol. The average molecular weight is 605 g/mol. The molecule has 0 fully saturated rings. The van der Waals surface area contributed by atoms with Crippen LogP contribution in [0.5, 0.6) is 5.75 Å². The smallest absolute Gasteiger partial charge is 0.406 e. The zero-order valence-corrected chi connectivity index (χ0v) is 24.4. The number of para-hydroxylation sites is 1. The number of rotatable bonds is 7. The fourth-order valence-corrected chi connectivity index (χ4v) is 5.35. The van der Waals surface area contributed by atoms with Crippen LogP contribution in [0.3, 0.4) is 0 Å². The molecule has 0 aliphatic heterocycles. The first-order valence-corrected chi connectivity index (χ1v) is 14.2. The van der Waals surface area contributed by atoms with Crippen LogP contribution in [0.2, 0.25) is 0 Å². The van der Waals surface area contributed by atoms with Crippen LogP contribution in [0.4, 0.5) is 18.0 Å². The molecule has 0 aliphatic rings. The molecule has 0 atom stereocenters. The zero-order valence-electron chi connectivity index (χ0n) is 23.5. The van der Waals surface area contributed by atoms with Crippen molar-refractivity contribution in [3.63, 3.8) is 0 Å². The highest BCUT2D eigenvalue weighted by Crippen LogP contribution is 2.24. The number of alkyl halides is 3. The maximum atomic E-state index is 12.8. The SMILES string of the molecule is CCc1ccccc1-n1c(C)csc1=NC(=O)N=C(C)Cc1ccc(-c2ncn(-c3ccc(OC(F)(F)F)cc3)n2)cc1. The molecule has 0 N–H and O–H groups in total. The molecule has 2 aromatic heterocycles. The van der Waals surface area contributed by atoms with Crippen molar-refractivity contribution in [2.24, 2.45) is 9.98 Å². The summed E-state index contributed by atoms with van der Waals surface area (Å²) in [5.41, 5.74) is 6.01. The molecule has 0 saturated carbocycles. The van der Waals surface area contributed by atoms with E-state index in [0.717, 1.165) is 34.5 Å². The number of benzene rings is 3. The number of thiazole rings is 1. The molecule has 12 heteroatoms. The number of amides is 2. The minimum Gasteiger partial charge on any atom is -0.406 e. The monoisotopic (exact) mass is 604 g/mol. The molecule has 0 bridgehead atoms. The van der Waals surface area contributed by atoms with Crippen LogP contribution >= 0.6 is 11.3 Å². The maximum absolute atomic E-state index is 12.8. The maximum Gasteiger partial charge on any atom is 0.573 e. The van der Waals surface area contributed by atoms with Gasteiger partial charge in [-0.25, -0.2) is 19.5 Å². The molecular weight excluding hydrogens is 577 g/mol. The first-order valence-electron chi connectivity index (χ1n) is 13.3. The average Bonchev–Trinajstić information content (AvgIpc) is 3.60. The topological polar surface area (TPSA) is 86.7 Å². The van der Waals surface area contributed by atoms with Crippen molar-refractivity contribution in [2.75, 3.05) is 0 Å². The molecule has 2 amide bonds. The molecule has 3 aromatic carbocycles. The van der Waals surface area contributed by atoms with Crippen molar-refractivity contribution in [3.05, 3.63) is 106 Å². The number of halogens is 3. The Labute approximate surface area is 249 Å². The second kappa shape index (κ2) is 12.6. The lowest BCUT2D eigenvalue weighted by atomic mass is 10.1. The normalized spacial score (nSPS) is 12.5. The van der Waals surface area contributed by atoms with Crippen LogP contribution < -0.4 is 9.54 Å². The molecule has 2 heterocycles. The summed E-state index contributed by atoms with van der Waals surface area (Å²) < 4.78 is 44.6. The summed E-state index contributed by atoms with van der Waals surface area (Å²) in [4.78, 5) is 26.1. The molecule has 8 nitrogen and oxygen atoms in total. The number of carbonyl (C=O) groups excluding carboxylic acids is 1. The van der Waals surface area contributed by atoms with E-state index >= 15 is 0 Å². The van der Waals surface area contributed by atoms with Crippen LogP contribution in [0.1, 0.15) is 30.7 Å². The number of ether oxygens (including phenoxy) is 1. The van der Waals surface area contributed by atoms with E-state index in [1.54, 1.807) is 6.92 Å². The predicted octanol–water partition coefficient (Wildman–Crippen LogP) is 7.28. The zero-order chi connectivity index (χ0) is 30.6. The molecule has 0 spiro atoms. The summed E-state index contributed by atoms with van der Waals surface area (Å²) in [6.07, 6.45) is -1.96. The van der Waals surface area contributed by atoms with Crippen molar-refractivity contribution < 1.29 is 22.7 Å². The van der Waals surface area contributed by atoms with Crippen molar-refractivity contribution in [1.82, 2.24) is 19.3 Å². The Morgan fingerprint density at radius 1 is 1.02 bits per heavy atom. The summed E-state index contributed by atoms with van der Waals surface area (Å²) in [6.45, 7) is 5.86. The third kappa shape index (κ3) is 7.33. The standard InChI is InChI=1S/C31H27F3N6O2S/c1-4-23-7-5-6-8-27(23)40-21(3)18-43-30(40)37-29(41)36-20(2)17-22-9-11-24(12-10-22)28-35-19-39(38-28)25-13-15-26(16-14-25)42-31(32,33)34/h5-16,18-19H,4,17H2,1-3H3. The van der Waals surface area contributed by atoms with Gasteiger partial charge in [0.25, 0.3) is 0 Å². The summed E-state index contributed by atoms with van der Waals surface area (Å²) in [5, 5.41) is 6.40. The van der Waals surface area contributed by atoms with Gasteiger partial charge < -0.3 is 4.74 Å². The van der Waals surface area contributed by atoms with Gasteiger partial charge in [-0.1, -0.05) is 49.4 Å². The molecule has 0 saturated heterocycles. The van der Waals surface area contributed by atoms with Crippen molar-refractivity contribution in [1.29, 1.82) is 0 Å². The minimum absolute atomic E-state index is 0.315. The van der Waals surface area contributed by atoms with Gasteiger partial charge in [-0.3, -0.25) is 4.57 Å². The molecule has 5 aromatic rings. The molecule has 43 heavy (non-hydrogen) atoms. The number of carbonyl (C=O) groups is 1. The molecule has 0 radical (unpaired) electrons. The largest absolute Gasteiger partial charge is 0.573 e. The quantitative estimate of drug-likeness (QED) is 0.183. The van der Waals surface area contributed by atoms with Gasteiger partial charge in [-0.2, -0.15) is 4.99 Å². The van der Waals surface area contributed by atoms with Crippen LogP contribution in [0.15, 0.2) is 94.5 Å². The highest BCUT2D eigenvalue weighted by atomic mass is 32.1.